The summed E-state index contributed by atoms with van der Waals surface area (Å²) < 4.78 is 22.8. The third-order valence-electron chi connectivity index (χ3n) is 2.32. The minimum absolute atomic E-state index is 0.0353. The number of amides is 1. The van der Waals surface area contributed by atoms with Gasteiger partial charge in [-0.1, -0.05) is 6.92 Å². The SMILES string of the molecule is CCCNC(=O)CNc1ccc(N)cc1S(N)(=O)=O. The summed E-state index contributed by atoms with van der Waals surface area (Å²) in [7, 11) is -3.90. The van der Waals surface area contributed by atoms with Crippen molar-refractivity contribution in [2.75, 3.05) is 24.1 Å². The molecule has 0 heterocycles. The molecule has 0 saturated heterocycles. The second kappa shape index (κ2) is 6.39. The van der Waals surface area contributed by atoms with E-state index in [1.807, 2.05) is 6.92 Å². The molecule has 106 valence electrons. The molecule has 0 saturated carbocycles. The van der Waals surface area contributed by atoms with E-state index in [4.69, 9.17) is 10.9 Å². The number of nitrogens with one attached hydrogen (secondary N) is 2. The molecule has 0 spiro atoms. The summed E-state index contributed by atoms with van der Waals surface area (Å²) in [5.41, 5.74) is 6.05. The molecule has 0 aliphatic carbocycles. The predicted octanol–water partition coefficient (Wildman–Crippen LogP) is -0.146. The number of hydrogen-bond donors (Lipinski definition) is 4. The molecule has 1 amide bonds. The van der Waals surface area contributed by atoms with Gasteiger partial charge in [-0.3, -0.25) is 4.79 Å². The van der Waals surface area contributed by atoms with Gasteiger partial charge in [0.25, 0.3) is 0 Å². The van der Waals surface area contributed by atoms with Crippen LogP contribution in [0.15, 0.2) is 23.1 Å². The second-order valence-corrected chi connectivity index (χ2v) is 5.53. The zero-order chi connectivity index (χ0) is 14.5. The number of benzene rings is 1. The van der Waals surface area contributed by atoms with Gasteiger partial charge in [-0.2, -0.15) is 0 Å². The van der Waals surface area contributed by atoms with Crippen molar-refractivity contribution in [2.45, 2.75) is 18.2 Å². The van der Waals surface area contributed by atoms with Crippen LogP contribution in [0.25, 0.3) is 0 Å². The molecule has 0 fully saturated rings. The lowest BCUT2D eigenvalue weighted by Crippen LogP contribution is -2.30. The predicted molar refractivity (Wildman–Crippen MR) is 74.0 cm³/mol. The Bertz CT molecular complexity index is 557. The highest BCUT2D eigenvalue weighted by Gasteiger charge is 2.14. The number of sulfonamides is 1. The molecule has 6 N–H and O–H groups in total. The van der Waals surface area contributed by atoms with E-state index in [-0.39, 0.29) is 28.7 Å². The Labute approximate surface area is 112 Å². The molecule has 0 radical (unpaired) electrons. The first-order valence-corrected chi connectivity index (χ1v) is 7.32. The Morgan fingerprint density at radius 2 is 2.05 bits per heavy atom. The maximum Gasteiger partial charge on any atom is 0.240 e. The van der Waals surface area contributed by atoms with Crippen molar-refractivity contribution in [1.82, 2.24) is 5.32 Å². The number of carbonyl (C=O) groups is 1. The van der Waals surface area contributed by atoms with Crippen LogP contribution in [0.3, 0.4) is 0 Å². The van der Waals surface area contributed by atoms with E-state index in [0.717, 1.165) is 6.42 Å². The second-order valence-electron chi connectivity index (χ2n) is 4.00. The van der Waals surface area contributed by atoms with Crippen LogP contribution in [0, 0.1) is 0 Å². The largest absolute Gasteiger partial charge is 0.399 e. The van der Waals surface area contributed by atoms with Crippen LogP contribution >= 0.6 is 0 Å². The van der Waals surface area contributed by atoms with Gasteiger partial charge in [0.15, 0.2) is 0 Å². The number of nitrogens with two attached hydrogens (primary N) is 2. The molecule has 8 heteroatoms. The number of anilines is 2. The smallest absolute Gasteiger partial charge is 0.240 e. The van der Waals surface area contributed by atoms with Crippen molar-refractivity contribution < 1.29 is 13.2 Å². The van der Waals surface area contributed by atoms with Gasteiger partial charge in [-0.15, -0.1) is 0 Å². The van der Waals surface area contributed by atoms with Crippen LogP contribution in [0.5, 0.6) is 0 Å². The number of nitrogen functional groups attached to an aromatic ring is 1. The molecular weight excluding hydrogens is 268 g/mol. The van der Waals surface area contributed by atoms with Gasteiger partial charge in [0.05, 0.1) is 12.2 Å². The first-order chi connectivity index (χ1) is 8.84. The summed E-state index contributed by atoms with van der Waals surface area (Å²) in [6, 6.07) is 4.25. The highest BCUT2D eigenvalue weighted by molar-refractivity contribution is 7.89. The van der Waals surface area contributed by atoms with Crippen LogP contribution in [-0.4, -0.2) is 27.4 Å². The Kier molecular flexibility index (Phi) is 5.13. The van der Waals surface area contributed by atoms with E-state index in [1.54, 1.807) is 0 Å². The molecule has 1 rings (SSSR count). The lowest BCUT2D eigenvalue weighted by molar-refractivity contribution is -0.119. The van der Waals surface area contributed by atoms with Gasteiger partial charge in [-0.05, 0) is 24.6 Å². The molecule has 0 aliphatic heterocycles. The minimum atomic E-state index is -3.90. The number of carbonyl (C=O) groups excluding carboxylic acids is 1. The van der Waals surface area contributed by atoms with E-state index in [2.05, 4.69) is 10.6 Å². The molecule has 0 bridgehead atoms. The third kappa shape index (κ3) is 4.76. The highest BCUT2D eigenvalue weighted by atomic mass is 32.2. The monoisotopic (exact) mass is 286 g/mol. The summed E-state index contributed by atoms with van der Waals surface area (Å²) in [6.07, 6.45) is 0.829. The molecule has 7 nitrogen and oxygen atoms in total. The first-order valence-electron chi connectivity index (χ1n) is 5.77. The Balaban J connectivity index is 2.82. The normalized spacial score (nSPS) is 11.1. The summed E-state index contributed by atoms with van der Waals surface area (Å²) in [6.45, 7) is 2.48. The van der Waals surface area contributed by atoms with Crippen LogP contribution < -0.4 is 21.5 Å². The minimum Gasteiger partial charge on any atom is -0.399 e. The fourth-order valence-corrected chi connectivity index (χ4v) is 2.17. The molecule has 1 aromatic rings. The van der Waals surface area contributed by atoms with Gasteiger partial charge in [-0.25, -0.2) is 13.6 Å². The number of rotatable bonds is 6. The molecule has 0 aromatic heterocycles. The van der Waals surface area contributed by atoms with E-state index < -0.39 is 10.0 Å². The lowest BCUT2D eigenvalue weighted by Gasteiger charge is -2.11. The maximum atomic E-state index is 11.4. The van der Waals surface area contributed by atoms with Crippen LogP contribution in [0.4, 0.5) is 11.4 Å². The van der Waals surface area contributed by atoms with Gasteiger partial charge in [0, 0.05) is 12.2 Å². The quantitative estimate of drug-likeness (QED) is 0.541. The van der Waals surface area contributed by atoms with E-state index in [1.165, 1.54) is 18.2 Å². The Morgan fingerprint density at radius 1 is 1.37 bits per heavy atom. The summed E-state index contributed by atoms with van der Waals surface area (Å²) in [5.74, 6) is -0.223. The first kappa shape index (κ1) is 15.3. The maximum absolute atomic E-state index is 11.4. The van der Waals surface area contributed by atoms with E-state index in [9.17, 15) is 13.2 Å². The van der Waals surface area contributed by atoms with Crippen molar-refractivity contribution in [2.24, 2.45) is 5.14 Å². The Morgan fingerprint density at radius 3 is 2.63 bits per heavy atom. The van der Waals surface area contributed by atoms with Crippen LogP contribution in [-0.2, 0) is 14.8 Å². The standard InChI is InChI=1S/C11H18N4O3S/c1-2-5-14-11(16)7-15-9-4-3-8(12)6-10(9)19(13,17)18/h3-4,6,15H,2,5,7,12H2,1H3,(H,14,16)(H2,13,17,18). The van der Waals surface area contributed by atoms with Gasteiger partial charge in [0.1, 0.15) is 4.90 Å². The van der Waals surface area contributed by atoms with Crippen molar-refractivity contribution in [3.8, 4) is 0 Å². The number of hydrogen-bond acceptors (Lipinski definition) is 5. The molecule has 0 aliphatic rings. The zero-order valence-electron chi connectivity index (χ0n) is 10.6. The van der Waals surface area contributed by atoms with Gasteiger partial charge >= 0.3 is 0 Å². The van der Waals surface area contributed by atoms with Gasteiger partial charge < -0.3 is 16.4 Å². The molecule has 0 atom stereocenters. The average Bonchev–Trinajstić information content (AvgIpc) is 2.33. The zero-order valence-corrected chi connectivity index (χ0v) is 11.5. The Hall–Kier alpha value is -1.80. The van der Waals surface area contributed by atoms with Crippen molar-refractivity contribution >= 4 is 27.3 Å². The van der Waals surface area contributed by atoms with Gasteiger partial charge in [0.2, 0.25) is 15.9 Å². The van der Waals surface area contributed by atoms with E-state index >= 15 is 0 Å². The molecule has 1 aromatic carbocycles. The third-order valence-corrected chi connectivity index (χ3v) is 3.27. The summed E-state index contributed by atoms with van der Waals surface area (Å²) in [5, 5.41) is 10.5. The van der Waals surface area contributed by atoms with Crippen molar-refractivity contribution in [1.29, 1.82) is 0 Å². The highest BCUT2D eigenvalue weighted by Crippen LogP contribution is 2.22. The van der Waals surface area contributed by atoms with E-state index in [0.29, 0.717) is 6.54 Å². The molecule has 0 unspecified atom stereocenters. The van der Waals surface area contributed by atoms with Crippen LogP contribution in [0.1, 0.15) is 13.3 Å². The fraction of sp³-hybridized carbons (Fsp3) is 0.364. The van der Waals surface area contributed by atoms with Crippen molar-refractivity contribution in [3.05, 3.63) is 18.2 Å². The summed E-state index contributed by atoms with van der Waals surface area (Å²) in [4.78, 5) is 11.3. The fourth-order valence-electron chi connectivity index (χ4n) is 1.42. The topological polar surface area (TPSA) is 127 Å². The molecule has 19 heavy (non-hydrogen) atoms. The number of primary sulfonamides is 1. The van der Waals surface area contributed by atoms with Crippen LogP contribution in [0.2, 0.25) is 0 Å². The average molecular weight is 286 g/mol. The lowest BCUT2D eigenvalue weighted by atomic mass is 10.3. The molecular formula is C11H18N4O3S. The summed E-state index contributed by atoms with van der Waals surface area (Å²) >= 11 is 0. The van der Waals surface area contributed by atoms with Crippen molar-refractivity contribution in [3.63, 3.8) is 0 Å².